The van der Waals surface area contributed by atoms with E-state index in [0.29, 0.717) is 13.1 Å². The fraction of sp³-hybridized carbons (Fsp3) is 0.211. The summed E-state index contributed by atoms with van der Waals surface area (Å²) in [6.45, 7) is 12.6. The second-order valence-corrected chi connectivity index (χ2v) is 5.57. The maximum Gasteiger partial charge on any atom is 0.224 e. The van der Waals surface area contributed by atoms with Gasteiger partial charge in [0.1, 0.15) is 5.69 Å². The van der Waals surface area contributed by atoms with Gasteiger partial charge in [0.05, 0.1) is 17.9 Å². The van der Waals surface area contributed by atoms with Crippen molar-refractivity contribution in [3.63, 3.8) is 0 Å². The Bertz CT molecular complexity index is 860. The Balaban J connectivity index is 2.43. The summed E-state index contributed by atoms with van der Waals surface area (Å²) in [6.07, 6.45) is 3.44. The molecule has 3 rings (SSSR count). The number of hydrogen-bond acceptors (Lipinski definition) is 3. The molecule has 2 heterocycles. The van der Waals surface area contributed by atoms with Crippen LogP contribution >= 0.6 is 0 Å². The number of amides is 1. The molecule has 5 heteroatoms. The average Bonchev–Trinajstić information content (AvgIpc) is 2.99. The quantitative estimate of drug-likeness (QED) is 0.871. The third-order valence-corrected chi connectivity index (χ3v) is 4.24. The number of benzene rings is 1. The fourth-order valence-corrected chi connectivity index (χ4v) is 3.10. The number of allylic oxidation sites excluding steroid dienone is 3. The van der Waals surface area contributed by atoms with E-state index in [4.69, 9.17) is 0 Å². The van der Waals surface area contributed by atoms with Crippen molar-refractivity contribution in [3.05, 3.63) is 66.5 Å². The zero-order chi connectivity index (χ0) is 17.3. The van der Waals surface area contributed by atoms with Crippen molar-refractivity contribution < 1.29 is 4.79 Å². The Kier molecular flexibility index (Phi) is 4.16. The van der Waals surface area contributed by atoms with Crippen LogP contribution in [0.4, 0.5) is 0 Å². The maximum absolute atomic E-state index is 12.3. The topological polar surface area (TPSA) is 51.0 Å². The summed E-state index contributed by atoms with van der Waals surface area (Å²) in [4.78, 5) is 14.0. The van der Waals surface area contributed by atoms with E-state index >= 15 is 0 Å². The van der Waals surface area contributed by atoms with Crippen LogP contribution in [0.3, 0.4) is 0 Å². The zero-order valence-electron chi connectivity index (χ0n) is 14.0. The van der Waals surface area contributed by atoms with Crippen molar-refractivity contribution in [2.75, 3.05) is 0 Å². The van der Waals surface area contributed by atoms with Crippen LogP contribution < -0.4 is 0 Å². The molecule has 0 spiro atoms. The summed E-state index contributed by atoms with van der Waals surface area (Å²) in [7, 11) is 0. The van der Waals surface area contributed by atoms with E-state index in [1.807, 2.05) is 35.9 Å². The molecule has 1 aromatic carbocycles. The molecule has 0 radical (unpaired) electrons. The molecule has 1 aliphatic heterocycles. The van der Waals surface area contributed by atoms with E-state index in [2.05, 4.69) is 23.5 Å². The van der Waals surface area contributed by atoms with Gasteiger partial charge >= 0.3 is 0 Å². The van der Waals surface area contributed by atoms with Crippen LogP contribution in [0.15, 0.2) is 55.3 Å². The van der Waals surface area contributed by atoms with E-state index in [-0.39, 0.29) is 5.91 Å². The maximum atomic E-state index is 12.3. The summed E-state index contributed by atoms with van der Waals surface area (Å²) < 4.78 is 1.83. The summed E-state index contributed by atoms with van der Waals surface area (Å²) in [5.74, 6) is -0.0435. The minimum absolute atomic E-state index is 0.0435. The highest BCUT2D eigenvalue weighted by molar-refractivity contribution is 5.89. The van der Waals surface area contributed by atoms with Gasteiger partial charge in [-0.25, -0.2) is 4.68 Å². The first-order valence-corrected chi connectivity index (χ1v) is 7.91. The van der Waals surface area contributed by atoms with Gasteiger partial charge in [0, 0.05) is 24.6 Å². The molecule has 0 bridgehead atoms. The number of fused-ring (bicyclic) bond motifs is 3. The molecule has 0 fully saturated rings. The van der Waals surface area contributed by atoms with E-state index in [1.54, 1.807) is 24.0 Å². The highest BCUT2D eigenvalue weighted by atomic mass is 16.2. The van der Waals surface area contributed by atoms with Crippen molar-refractivity contribution in [1.82, 2.24) is 19.9 Å². The van der Waals surface area contributed by atoms with Gasteiger partial charge in [-0.3, -0.25) is 4.79 Å². The Morgan fingerprint density at radius 3 is 2.67 bits per heavy atom. The molecule has 0 saturated carbocycles. The Hall–Kier alpha value is -2.95. The lowest BCUT2D eigenvalue weighted by atomic mass is 9.95. The molecule has 0 aliphatic carbocycles. The number of carbonyl (C=O) groups is 1. The van der Waals surface area contributed by atoms with Crippen molar-refractivity contribution in [2.24, 2.45) is 0 Å². The van der Waals surface area contributed by atoms with Crippen molar-refractivity contribution in [2.45, 2.75) is 26.9 Å². The van der Waals surface area contributed by atoms with E-state index in [0.717, 1.165) is 33.8 Å². The molecule has 5 nitrogen and oxygen atoms in total. The van der Waals surface area contributed by atoms with Gasteiger partial charge in [-0.2, -0.15) is 0 Å². The molecule has 0 unspecified atom stereocenters. The van der Waals surface area contributed by atoms with Crippen molar-refractivity contribution >= 4 is 11.5 Å². The lowest BCUT2D eigenvalue weighted by molar-refractivity contribution is -0.127. The molecule has 1 aliphatic rings. The number of nitrogens with zero attached hydrogens (tertiary/aromatic N) is 4. The summed E-state index contributed by atoms with van der Waals surface area (Å²) in [5.41, 5.74) is 5.23. The third kappa shape index (κ3) is 2.38. The lowest BCUT2D eigenvalue weighted by Crippen LogP contribution is -2.29. The average molecular weight is 320 g/mol. The SMILES string of the molecule is C=C/C1=C(\C=C)N(C(C)=O)Cc2ccccc2-c2nnn(CC)c21. The van der Waals surface area contributed by atoms with Crippen LogP contribution in [-0.4, -0.2) is 25.8 Å². The standard InChI is InChI=1S/C19H20N4O/c1-5-15-17(6-2)22(13(4)24)12-14-10-8-9-11-16(14)18-19(15)23(7-3)21-20-18/h5-6,8-11H,1-2,7,12H2,3-4H3/b17-15-. The van der Waals surface area contributed by atoms with E-state index in [9.17, 15) is 4.79 Å². The highest BCUT2D eigenvalue weighted by Crippen LogP contribution is 2.36. The smallest absolute Gasteiger partial charge is 0.224 e. The van der Waals surface area contributed by atoms with Crippen molar-refractivity contribution in [3.8, 4) is 11.3 Å². The van der Waals surface area contributed by atoms with E-state index < -0.39 is 0 Å². The fourth-order valence-electron chi connectivity index (χ4n) is 3.10. The van der Waals surface area contributed by atoms with Gasteiger partial charge in [0.15, 0.2) is 0 Å². The Morgan fingerprint density at radius 2 is 2.04 bits per heavy atom. The monoisotopic (exact) mass is 320 g/mol. The van der Waals surface area contributed by atoms with Crippen LogP contribution in [0.2, 0.25) is 0 Å². The normalized spacial score (nSPS) is 16.7. The molecule has 122 valence electrons. The van der Waals surface area contributed by atoms with Crippen LogP contribution in [0.1, 0.15) is 25.1 Å². The minimum atomic E-state index is -0.0435. The summed E-state index contributed by atoms with van der Waals surface area (Å²) >= 11 is 0. The molecular weight excluding hydrogens is 300 g/mol. The van der Waals surface area contributed by atoms with Crippen LogP contribution in [0.25, 0.3) is 16.8 Å². The number of aromatic nitrogens is 3. The van der Waals surface area contributed by atoms with Gasteiger partial charge in [-0.1, -0.05) is 48.7 Å². The third-order valence-electron chi connectivity index (χ3n) is 4.24. The second kappa shape index (κ2) is 6.28. The second-order valence-electron chi connectivity index (χ2n) is 5.57. The Labute approximate surface area is 141 Å². The number of hydrogen-bond donors (Lipinski definition) is 0. The molecule has 0 atom stereocenters. The van der Waals surface area contributed by atoms with Gasteiger partial charge in [0.2, 0.25) is 5.91 Å². The molecule has 1 aromatic heterocycles. The summed E-state index contributed by atoms with van der Waals surface area (Å²) in [5, 5.41) is 8.68. The molecule has 0 N–H and O–H groups in total. The molecular formula is C19H20N4O. The van der Waals surface area contributed by atoms with Gasteiger partial charge in [-0.05, 0) is 18.6 Å². The zero-order valence-corrected chi connectivity index (χ0v) is 14.0. The molecule has 1 amide bonds. The van der Waals surface area contributed by atoms with Gasteiger partial charge in [0.25, 0.3) is 0 Å². The van der Waals surface area contributed by atoms with Crippen molar-refractivity contribution in [1.29, 1.82) is 0 Å². The first kappa shape index (κ1) is 15.9. The van der Waals surface area contributed by atoms with Crippen LogP contribution in [-0.2, 0) is 17.9 Å². The first-order valence-electron chi connectivity index (χ1n) is 7.91. The number of carbonyl (C=O) groups excluding carboxylic acids is 1. The number of aryl methyl sites for hydroxylation is 1. The molecule has 24 heavy (non-hydrogen) atoms. The van der Waals surface area contributed by atoms with Crippen LogP contribution in [0, 0.1) is 0 Å². The molecule has 0 saturated heterocycles. The predicted molar refractivity (Wildman–Crippen MR) is 94.7 cm³/mol. The lowest BCUT2D eigenvalue weighted by Gasteiger charge is -2.28. The van der Waals surface area contributed by atoms with E-state index in [1.165, 1.54) is 0 Å². The van der Waals surface area contributed by atoms with Gasteiger partial charge in [-0.15, -0.1) is 5.10 Å². The minimum Gasteiger partial charge on any atom is -0.308 e. The first-order chi connectivity index (χ1) is 11.6. The largest absolute Gasteiger partial charge is 0.308 e. The van der Waals surface area contributed by atoms with Gasteiger partial charge < -0.3 is 4.90 Å². The Morgan fingerprint density at radius 1 is 1.29 bits per heavy atom. The summed E-state index contributed by atoms with van der Waals surface area (Å²) in [6, 6.07) is 7.97. The molecule has 2 aromatic rings. The van der Waals surface area contributed by atoms with Crippen LogP contribution in [0.5, 0.6) is 0 Å². The number of rotatable bonds is 3. The predicted octanol–water partition coefficient (Wildman–Crippen LogP) is 3.41. The highest BCUT2D eigenvalue weighted by Gasteiger charge is 2.27.